The second-order valence-corrected chi connectivity index (χ2v) is 5.90. The molecule has 0 fully saturated rings. The molecular formula is C14H15N7OS. The molecule has 0 saturated carbocycles. The van der Waals surface area contributed by atoms with Crippen LogP contribution in [0.2, 0.25) is 0 Å². The topological polar surface area (TPSA) is 88.8 Å². The first-order valence-electron chi connectivity index (χ1n) is 6.85. The molecule has 1 N–H and O–H groups in total. The normalized spacial score (nSPS) is 10.9. The van der Waals surface area contributed by atoms with Gasteiger partial charge in [0.25, 0.3) is 0 Å². The number of likely N-dealkylation sites (N-methyl/N-ethyl adjacent to an activating group) is 1. The van der Waals surface area contributed by atoms with Gasteiger partial charge < -0.3 is 10.2 Å². The summed E-state index contributed by atoms with van der Waals surface area (Å²) in [6, 6.07) is 3.48. The van der Waals surface area contributed by atoms with Gasteiger partial charge in [-0.1, -0.05) is 0 Å². The Balaban J connectivity index is 1.96. The number of anilines is 1. The van der Waals surface area contributed by atoms with Crippen molar-refractivity contribution in [2.45, 2.75) is 0 Å². The van der Waals surface area contributed by atoms with Crippen molar-refractivity contribution in [3.05, 3.63) is 36.1 Å². The van der Waals surface area contributed by atoms with Gasteiger partial charge in [0.15, 0.2) is 16.6 Å². The van der Waals surface area contributed by atoms with Gasteiger partial charge in [-0.2, -0.15) is 5.10 Å². The second-order valence-electron chi connectivity index (χ2n) is 5.01. The predicted molar refractivity (Wildman–Crippen MR) is 87.4 cm³/mol. The molecule has 0 spiro atoms. The first-order chi connectivity index (χ1) is 11.1. The lowest BCUT2D eigenvalue weighted by molar-refractivity contribution is -0.116. The third-order valence-electron chi connectivity index (χ3n) is 2.80. The average molecular weight is 329 g/mol. The number of amides is 1. The van der Waals surface area contributed by atoms with Crippen molar-refractivity contribution >= 4 is 23.1 Å². The van der Waals surface area contributed by atoms with Crippen LogP contribution in [0.4, 0.5) is 5.82 Å². The van der Waals surface area contributed by atoms with Crippen molar-refractivity contribution in [2.75, 3.05) is 26.0 Å². The third kappa shape index (κ3) is 3.76. The van der Waals surface area contributed by atoms with Crippen LogP contribution < -0.4 is 5.32 Å². The quantitative estimate of drug-likeness (QED) is 0.759. The molecule has 118 valence electrons. The summed E-state index contributed by atoms with van der Waals surface area (Å²) in [4.78, 5) is 26.8. The van der Waals surface area contributed by atoms with Gasteiger partial charge >= 0.3 is 0 Å². The lowest BCUT2D eigenvalue weighted by Crippen LogP contribution is -2.27. The highest BCUT2D eigenvalue weighted by Gasteiger charge is 2.12. The van der Waals surface area contributed by atoms with Crippen LogP contribution in [0.3, 0.4) is 0 Å². The molecule has 8 nitrogen and oxygen atoms in total. The summed E-state index contributed by atoms with van der Waals surface area (Å²) < 4.78 is 1.61. The van der Waals surface area contributed by atoms with Gasteiger partial charge in [0.05, 0.1) is 6.54 Å². The van der Waals surface area contributed by atoms with E-state index in [1.165, 1.54) is 11.3 Å². The highest BCUT2D eigenvalue weighted by atomic mass is 32.1. The van der Waals surface area contributed by atoms with E-state index in [1.807, 2.05) is 19.5 Å². The van der Waals surface area contributed by atoms with Gasteiger partial charge in [-0.15, -0.1) is 11.3 Å². The van der Waals surface area contributed by atoms with Crippen LogP contribution in [0.25, 0.3) is 16.6 Å². The Morgan fingerprint density at radius 3 is 2.87 bits per heavy atom. The largest absolute Gasteiger partial charge is 0.309 e. The van der Waals surface area contributed by atoms with Crippen molar-refractivity contribution < 1.29 is 4.79 Å². The number of nitrogens with zero attached hydrogens (tertiary/aromatic N) is 6. The van der Waals surface area contributed by atoms with Crippen molar-refractivity contribution in [3.8, 4) is 16.6 Å². The number of aromatic nitrogens is 5. The minimum absolute atomic E-state index is 0.148. The van der Waals surface area contributed by atoms with E-state index in [0.29, 0.717) is 22.5 Å². The zero-order valence-corrected chi connectivity index (χ0v) is 13.5. The zero-order valence-electron chi connectivity index (χ0n) is 12.7. The molecule has 0 aromatic carbocycles. The van der Waals surface area contributed by atoms with E-state index in [4.69, 9.17) is 0 Å². The van der Waals surface area contributed by atoms with Crippen LogP contribution >= 0.6 is 11.3 Å². The maximum atomic E-state index is 12.0. The molecule has 3 rings (SSSR count). The molecular weight excluding hydrogens is 314 g/mol. The maximum absolute atomic E-state index is 12.0. The fourth-order valence-corrected chi connectivity index (χ4v) is 2.49. The summed E-state index contributed by atoms with van der Waals surface area (Å²) in [6.45, 7) is 0.272. The molecule has 3 aromatic heterocycles. The highest BCUT2D eigenvalue weighted by molar-refractivity contribution is 7.13. The van der Waals surface area contributed by atoms with Gasteiger partial charge in [-0.25, -0.2) is 19.6 Å². The van der Waals surface area contributed by atoms with Crippen LogP contribution in [0.1, 0.15) is 0 Å². The smallest absolute Gasteiger partial charge is 0.239 e. The van der Waals surface area contributed by atoms with Gasteiger partial charge in [0.1, 0.15) is 5.82 Å². The molecule has 0 aliphatic carbocycles. The molecule has 9 heteroatoms. The van der Waals surface area contributed by atoms with E-state index in [-0.39, 0.29) is 12.5 Å². The Morgan fingerprint density at radius 2 is 2.22 bits per heavy atom. The minimum atomic E-state index is -0.148. The van der Waals surface area contributed by atoms with Gasteiger partial charge in [0, 0.05) is 30.0 Å². The molecule has 3 heterocycles. The zero-order chi connectivity index (χ0) is 16.2. The number of hydrogen-bond acceptors (Lipinski definition) is 7. The van der Waals surface area contributed by atoms with E-state index in [9.17, 15) is 4.79 Å². The molecule has 3 aromatic rings. The molecule has 0 aliphatic rings. The van der Waals surface area contributed by atoms with Crippen LogP contribution in [0, 0.1) is 0 Å². The Hall–Kier alpha value is -2.65. The SMILES string of the molecule is CN(C)CC(=O)Nc1cc(-n2cccn2)nc(-c2nccs2)n1. The van der Waals surface area contributed by atoms with E-state index >= 15 is 0 Å². The number of carbonyl (C=O) groups excluding carboxylic acids is 1. The van der Waals surface area contributed by atoms with Crippen LogP contribution in [-0.4, -0.2) is 56.2 Å². The Kier molecular flexibility index (Phi) is 4.40. The fourth-order valence-electron chi connectivity index (χ4n) is 1.92. The van der Waals surface area contributed by atoms with Crippen molar-refractivity contribution in [1.82, 2.24) is 29.6 Å². The average Bonchev–Trinajstić information content (AvgIpc) is 3.20. The van der Waals surface area contributed by atoms with E-state index in [0.717, 1.165) is 0 Å². The van der Waals surface area contributed by atoms with Gasteiger partial charge in [-0.3, -0.25) is 4.79 Å². The minimum Gasteiger partial charge on any atom is -0.309 e. The number of hydrogen-bond donors (Lipinski definition) is 1. The third-order valence-corrected chi connectivity index (χ3v) is 3.57. The fraction of sp³-hybridized carbons (Fsp3) is 0.214. The molecule has 23 heavy (non-hydrogen) atoms. The summed E-state index contributed by atoms with van der Waals surface area (Å²) >= 11 is 1.43. The molecule has 0 radical (unpaired) electrons. The Labute approximate surface area is 136 Å². The Bertz CT molecular complexity index is 731. The highest BCUT2D eigenvalue weighted by Crippen LogP contribution is 2.21. The van der Waals surface area contributed by atoms with E-state index < -0.39 is 0 Å². The predicted octanol–water partition coefficient (Wildman–Crippen LogP) is 1.29. The molecule has 1 amide bonds. The van der Waals surface area contributed by atoms with Crippen molar-refractivity contribution in [1.29, 1.82) is 0 Å². The molecule has 0 unspecified atom stereocenters. The Morgan fingerprint density at radius 1 is 1.35 bits per heavy atom. The van der Waals surface area contributed by atoms with Crippen LogP contribution in [-0.2, 0) is 4.79 Å². The molecule has 0 saturated heterocycles. The number of thiazole rings is 1. The van der Waals surface area contributed by atoms with E-state index in [1.54, 1.807) is 40.3 Å². The number of carbonyl (C=O) groups is 1. The van der Waals surface area contributed by atoms with Crippen LogP contribution in [0.5, 0.6) is 0 Å². The van der Waals surface area contributed by atoms with E-state index in [2.05, 4.69) is 25.4 Å². The van der Waals surface area contributed by atoms with Gasteiger partial charge in [-0.05, 0) is 20.2 Å². The number of rotatable bonds is 5. The summed E-state index contributed by atoms with van der Waals surface area (Å²) in [7, 11) is 3.66. The summed E-state index contributed by atoms with van der Waals surface area (Å²) in [6.07, 6.45) is 5.13. The molecule has 0 aliphatic heterocycles. The lowest BCUT2D eigenvalue weighted by Gasteiger charge is -2.11. The summed E-state index contributed by atoms with van der Waals surface area (Å²) in [5.74, 6) is 1.29. The number of nitrogens with one attached hydrogen (secondary N) is 1. The lowest BCUT2D eigenvalue weighted by atomic mass is 10.4. The van der Waals surface area contributed by atoms with Gasteiger partial charge in [0.2, 0.25) is 5.91 Å². The standard InChI is InChI=1S/C14H15N7OS/c1-20(2)9-12(22)17-10-8-11(21-6-3-4-16-21)19-13(18-10)14-15-5-7-23-14/h3-8H,9H2,1-2H3,(H,17,18,19,22). The molecule has 0 atom stereocenters. The first-order valence-corrected chi connectivity index (χ1v) is 7.73. The van der Waals surface area contributed by atoms with Crippen molar-refractivity contribution in [3.63, 3.8) is 0 Å². The summed E-state index contributed by atoms with van der Waals surface area (Å²) in [5.41, 5.74) is 0. The monoisotopic (exact) mass is 329 g/mol. The maximum Gasteiger partial charge on any atom is 0.239 e. The first kappa shape index (κ1) is 15.3. The summed E-state index contributed by atoms with van der Waals surface area (Å²) in [5, 5.41) is 9.48. The van der Waals surface area contributed by atoms with Crippen LogP contribution in [0.15, 0.2) is 36.1 Å². The molecule has 0 bridgehead atoms. The second kappa shape index (κ2) is 6.63. The van der Waals surface area contributed by atoms with Crippen molar-refractivity contribution in [2.24, 2.45) is 0 Å².